The Morgan fingerprint density at radius 3 is 2.57 bits per heavy atom. The molecule has 0 fully saturated rings. The fourth-order valence-corrected chi connectivity index (χ4v) is 3.28. The molecule has 0 unspecified atom stereocenters. The van der Waals surface area contributed by atoms with E-state index >= 15 is 0 Å². The molecule has 2 aromatic heterocycles. The summed E-state index contributed by atoms with van der Waals surface area (Å²) in [5, 5.41) is 4.90. The molecular formula is C21H15ClFN3O2. The van der Waals surface area contributed by atoms with E-state index in [-0.39, 0.29) is 18.0 Å². The minimum absolute atomic E-state index is 0.249. The monoisotopic (exact) mass is 395 g/mol. The molecule has 0 saturated heterocycles. The number of ether oxygens (including phenoxy) is 1. The summed E-state index contributed by atoms with van der Waals surface area (Å²) in [6.07, 6.45) is 3.06. The van der Waals surface area contributed by atoms with E-state index in [2.05, 4.69) is 10.1 Å². The number of nitrogens with zero attached hydrogens (tertiary/aromatic N) is 3. The molecule has 0 aliphatic rings. The quantitative estimate of drug-likeness (QED) is 0.454. The fraction of sp³-hybridized carbons (Fsp3) is 0.0952. The van der Waals surface area contributed by atoms with Crippen molar-refractivity contribution < 1.29 is 13.9 Å². The largest absolute Gasteiger partial charge is 0.462 e. The van der Waals surface area contributed by atoms with E-state index in [0.29, 0.717) is 27.5 Å². The molecule has 2 aromatic carbocycles. The van der Waals surface area contributed by atoms with Crippen LogP contribution in [0.5, 0.6) is 0 Å². The van der Waals surface area contributed by atoms with Gasteiger partial charge in [-0.2, -0.15) is 5.10 Å². The number of hydrogen-bond acceptors (Lipinski definition) is 4. The molecule has 7 heteroatoms. The van der Waals surface area contributed by atoms with Crippen LogP contribution in [0.3, 0.4) is 0 Å². The number of carbonyl (C=O) groups is 1. The van der Waals surface area contributed by atoms with Crippen LogP contribution in [0.4, 0.5) is 4.39 Å². The van der Waals surface area contributed by atoms with Crippen LogP contribution in [0.25, 0.3) is 28.0 Å². The highest BCUT2D eigenvalue weighted by molar-refractivity contribution is 6.33. The highest BCUT2D eigenvalue weighted by Gasteiger charge is 2.21. The van der Waals surface area contributed by atoms with Crippen LogP contribution in [0, 0.1) is 5.82 Å². The minimum Gasteiger partial charge on any atom is -0.462 e. The van der Waals surface area contributed by atoms with Crippen molar-refractivity contribution in [3.63, 3.8) is 0 Å². The van der Waals surface area contributed by atoms with Crippen LogP contribution < -0.4 is 0 Å². The van der Waals surface area contributed by atoms with Crippen molar-refractivity contribution in [1.29, 1.82) is 0 Å². The van der Waals surface area contributed by atoms with Gasteiger partial charge in [-0.15, -0.1) is 0 Å². The summed E-state index contributed by atoms with van der Waals surface area (Å²) in [4.78, 5) is 16.7. The van der Waals surface area contributed by atoms with Crippen molar-refractivity contribution in [1.82, 2.24) is 14.6 Å². The molecule has 0 amide bonds. The summed E-state index contributed by atoms with van der Waals surface area (Å²) >= 11 is 6.40. The predicted molar refractivity (Wildman–Crippen MR) is 105 cm³/mol. The number of benzene rings is 2. The number of rotatable bonds is 4. The lowest BCUT2D eigenvalue weighted by atomic mass is 10.0. The molecular weight excluding hydrogens is 381 g/mol. The smallest absolute Gasteiger partial charge is 0.343 e. The maximum atomic E-state index is 13.5. The summed E-state index contributed by atoms with van der Waals surface area (Å²) in [6.45, 7) is 1.98. The van der Waals surface area contributed by atoms with Gasteiger partial charge in [0.1, 0.15) is 11.4 Å². The Morgan fingerprint density at radius 1 is 1.11 bits per heavy atom. The maximum absolute atomic E-state index is 13.5. The average Bonchev–Trinajstić information content (AvgIpc) is 3.13. The zero-order chi connectivity index (χ0) is 19.7. The molecule has 0 saturated carbocycles. The Kier molecular flexibility index (Phi) is 4.79. The minimum atomic E-state index is -0.499. The van der Waals surface area contributed by atoms with Crippen LogP contribution >= 0.6 is 11.6 Å². The zero-order valence-electron chi connectivity index (χ0n) is 14.9. The second-order valence-electron chi connectivity index (χ2n) is 6.02. The molecule has 0 bridgehead atoms. The number of fused-ring (bicyclic) bond motifs is 1. The lowest BCUT2D eigenvalue weighted by molar-refractivity contribution is 0.0528. The molecule has 0 spiro atoms. The molecule has 4 rings (SSSR count). The molecule has 5 nitrogen and oxygen atoms in total. The third-order valence-corrected chi connectivity index (χ3v) is 4.63. The van der Waals surface area contributed by atoms with Crippen LogP contribution in [-0.4, -0.2) is 27.2 Å². The van der Waals surface area contributed by atoms with Crippen LogP contribution in [0.15, 0.2) is 60.9 Å². The molecule has 140 valence electrons. The molecule has 0 N–H and O–H groups in total. The van der Waals surface area contributed by atoms with Crippen molar-refractivity contribution in [2.45, 2.75) is 6.92 Å². The fourth-order valence-electron chi connectivity index (χ4n) is 3.05. The van der Waals surface area contributed by atoms with E-state index < -0.39 is 5.97 Å². The Hall–Kier alpha value is -3.25. The molecule has 0 radical (unpaired) electrons. The van der Waals surface area contributed by atoms with Crippen LogP contribution in [-0.2, 0) is 4.74 Å². The van der Waals surface area contributed by atoms with Gasteiger partial charge in [-0.1, -0.05) is 29.8 Å². The van der Waals surface area contributed by atoms with Gasteiger partial charge in [-0.05, 0) is 37.3 Å². The van der Waals surface area contributed by atoms with E-state index in [1.54, 1.807) is 35.8 Å². The first-order valence-corrected chi connectivity index (χ1v) is 9.02. The summed E-state index contributed by atoms with van der Waals surface area (Å²) in [6, 6.07) is 13.4. The first-order chi connectivity index (χ1) is 13.6. The highest BCUT2D eigenvalue weighted by atomic mass is 35.5. The SMILES string of the molecule is CCOC(=O)c1cnn2c(-c3ccc(F)cc3)c(-c3ccccc3Cl)cnc12. The van der Waals surface area contributed by atoms with Gasteiger partial charge in [-0.25, -0.2) is 18.7 Å². The average molecular weight is 396 g/mol. The standard InChI is InChI=1S/C21H15ClFN3O2/c1-2-28-21(27)17-12-25-26-19(13-7-9-14(23)10-8-13)16(11-24-20(17)26)15-5-3-4-6-18(15)22/h3-12H,2H2,1H3. The van der Waals surface area contributed by atoms with E-state index in [1.807, 2.05) is 18.2 Å². The van der Waals surface area contributed by atoms with Crippen molar-refractivity contribution in [2.24, 2.45) is 0 Å². The van der Waals surface area contributed by atoms with Gasteiger partial charge in [0.25, 0.3) is 0 Å². The topological polar surface area (TPSA) is 56.5 Å². The number of halogens is 2. The van der Waals surface area contributed by atoms with Gasteiger partial charge in [0.15, 0.2) is 5.65 Å². The normalized spacial score (nSPS) is 11.0. The molecule has 0 atom stereocenters. The third kappa shape index (κ3) is 3.12. The van der Waals surface area contributed by atoms with Gasteiger partial charge >= 0.3 is 5.97 Å². The van der Waals surface area contributed by atoms with Crippen molar-refractivity contribution >= 4 is 23.2 Å². The highest BCUT2D eigenvalue weighted by Crippen LogP contribution is 2.36. The Morgan fingerprint density at radius 2 is 1.86 bits per heavy atom. The van der Waals surface area contributed by atoms with Gasteiger partial charge in [0, 0.05) is 27.9 Å². The molecule has 28 heavy (non-hydrogen) atoms. The van der Waals surface area contributed by atoms with Crippen molar-refractivity contribution in [3.05, 3.63) is 77.3 Å². The van der Waals surface area contributed by atoms with E-state index in [1.165, 1.54) is 18.3 Å². The van der Waals surface area contributed by atoms with Gasteiger partial charge in [0.2, 0.25) is 0 Å². The lowest BCUT2D eigenvalue weighted by Gasteiger charge is -2.13. The van der Waals surface area contributed by atoms with Crippen molar-refractivity contribution in [3.8, 4) is 22.4 Å². The zero-order valence-corrected chi connectivity index (χ0v) is 15.7. The Labute approximate surface area is 165 Å². The van der Waals surface area contributed by atoms with Crippen LogP contribution in [0.1, 0.15) is 17.3 Å². The first kappa shape index (κ1) is 18.1. The maximum Gasteiger partial charge on any atom is 0.343 e. The van der Waals surface area contributed by atoms with Crippen LogP contribution in [0.2, 0.25) is 5.02 Å². The second-order valence-corrected chi connectivity index (χ2v) is 6.43. The summed E-state index contributed by atoms with van der Waals surface area (Å²) < 4.78 is 20.1. The van der Waals surface area contributed by atoms with E-state index in [9.17, 15) is 9.18 Å². The third-order valence-electron chi connectivity index (χ3n) is 4.30. The number of carbonyl (C=O) groups excluding carboxylic acids is 1. The van der Waals surface area contributed by atoms with Gasteiger partial charge in [-0.3, -0.25) is 0 Å². The Bertz CT molecular complexity index is 1170. The Balaban J connectivity index is 2.02. The second kappa shape index (κ2) is 7.40. The summed E-state index contributed by atoms with van der Waals surface area (Å²) in [7, 11) is 0. The van der Waals surface area contributed by atoms with Gasteiger partial charge < -0.3 is 4.74 Å². The number of aromatic nitrogens is 3. The van der Waals surface area contributed by atoms with E-state index in [0.717, 1.165) is 5.56 Å². The molecule has 4 aromatic rings. The number of hydrogen-bond donors (Lipinski definition) is 0. The predicted octanol–water partition coefficient (Wildman–Crippen LogP) is 5.03. The first-order valence-electron chi connectivity index (χ1n) is 8.65. The lowest BCUT2D eigenvalue weighted by Crippen LogP contribution is -2.06. The van der Waals surface area contributed by atoms with E-state index in [4.69, 9.17) is 16.3 Å². The summed E-state index contributed by atoms with van der Waals surface area (Å²) in [5.74, 6) is -0.846. The van der Waals surface area contributed by atoms with Crippen molar-refractivity contribution in [2.75, 3.05) is 6.61 Å². The number of esters is 1. The molecule has 0 aliphatic carbocycles. The molecule has 0 aliphatic heterocycles. The summed E-state index contributed by atoms with van der Waals surface area (Å²) in [5.41, 5.74) is 3.44. The van der Waals surface area contributed by atoms with Gasteiger partial charge in [0.05, 0.1) is 18.5 Å². The molecule has 2 heterocycles.